The Balaban J connectivity index is 1.59. The first kappa shape index (κ1) is 14.8. The maximum Gasteiger partial charge on any atom is 0.185 e. The van der Waals surface area contributed by atoms with E-state index >= 15 is 0 Å². The van der Waals surface area contributed by atoms with Gasteiger partial charge >= 0.3 is 0 Å². The number of nitrogens with zero attached hydrogens (tertiary/aromatic N) is 4. The number of anilines is 1. The average Bonchev–Trinajstić information content (AvgIpc) is 3.11. The molecule has 3 aromatic heterocycles. The highest BCUT2D eigenvalue weighted by Gasteiger charge is 2.11. The van der Waals surface area contributed by atoms with E-state index in [0.717, 1.165) is 45.6 Å². The van der Waals surface area contributed by atoms with E-state index in [2.05, 4.69) is 32.0 Å². The summed E-state index contributed by atoms with van der Waals surface area (Å²) in [6.07, 6.45) is 3.03. The Hall–Kier alpha value is -1.12. The SMILES string of the molecule is CSCc1nc(CCNc2nc3c(s2)c(C)nn3C)cs1. The van der Waals surface area contributed by atoms with Crippen LogP contribution in [0.1, 0.15) is 16.4 Å². The van der Waals surface area contributed by atoms with Gasteiger partial charge in [-0.1, -0.05) is 11.3 Å². The standard InChI is InChI=1S/C13H17N5S3/c1-8-11-12(18(2)17-8)16-13(21-11)14-5-4-9-6-20-10(15-9)7-19-3/h6H,4-5,7H2,1-3H3,(H,14,16). The van der Waals surface area contributed by atoms with Crippen LogP contribution in [0.4, 0.5) is 5.13 Å². The minimum absolute atomic E-state index is 0.856. The molecular formula is C13H17N5S3. The third-order valence-corrected chi connectivity index (χ3v) is 5.82. The topological polar surface area (TPSA) is 55.6 Å². The molecule has 0 radical (unpaired) electrons. The van der Waals surface area contributed by atoms with E-state index in [9.17, 15) is 0 Å². The Morgan fingerprint density at radius 3 is 3.00 bits per heavy atom. The van der Waals surface area contributed by atoms with Gasteiger partial charge in [0.05, 0.1) is 16.1 Å². The van der Waals surface area contributed by atoms with Gasteiger partial charge in [0.1, 0.15) is 5.01 Å². The van der Waals surface area contributed by atoms with Gasteiger partial charge in [-0.15, -0.1) is 11.3 Å². The smallest absolute Gasteiger partial charge is 0.185 e. The fourth-order valence-corrected chi connectivity index (χ4v) is 4.62. The highest BCUT2D eigenvalue weighted by Crippen LogP contribution is 2.28. The van der Waals surface area contributed by atoms with Gasteiger partial charge in [0, 0.05) is 31.1 Å². The minimum atomic E-state index is 0.856. The fourth-order valence-electron chi connectivity index (χ4n) is 2.11. The summed E-state index contributed by atoms with van der Waals surface area (Å²) in [4.78, 5) is 9.20. The molecule has 3 rings (SSSR count). The molecule has 112 valence electrons. The van der Waals surface area contributed by atoms with Crippen molar-refractivity contribution in [3.05, 3.63) is 21.8 Å². The van der Waals surface area contributed by atoms with Crippen LogP contribution in [0.3, 0.4) is 0 Å². The van der Waals surface area contributed by atoms with E-state index in [-0.39, 0.29) is 0 Å². The molecule has 0 fully saturated rings. The molecule has 0 bridgehead atoms. The predicted octanol–water partition coefficient (Wildman–Crippen LogP) is 3.31. The summed E-state index contributed by atoms with van der Waals surface area (Å²) in [6.45, 7) is 2.88. The van der Waals surface area contributed by atoms with Gasteiger partial charge in [-0.2, -0.15) is 16.9 Å². The Labute approximate surface area is 135 Å². The molecule has 3 aromatic rings. The summed E-state index contributed by atoms with van der Waals surface area (Å²) >= 11 is 5.22. The lowest BCUT2D eigenvalue weighted by molar-refractivity contribution is 0.774. The van der Waals surface area contributed by atoms with E-state index < -0.39 is 0 Å². The highest BCUT2D eigenvalue weighted by atomic mass is 32.2. The van der Waals surface area contributed by atoms with Crippen molar-refractivity contribution in [3.8, 4) is 0 Å². The molecule has 0 spiro atoms. The van der Waals surface area contributed by atoms with Crippen LogP contribution in [0.15, 0.2) is 5.38 Å². The largest absolute Gasteiger partial charge is 0.361 e. The van der Waals surface area contributed by atoms with Crippen molar-refractivity contribution in [1.82, 2.24) is 19.7 Å². The van der Waals surface area contributed by atoms with Crippen LogP contribution < -0.4 is 5.32 Å². The number of thiazole rings is 2. The van der Waals surface area contributed by atoms with Gasteiger partial charge in [-0.3, -0.25) is 0 Å². The Morgan fingerprint density at radius 2 is 2.24 bits per heavy atom. The second-order valence-electron chi connectivity index (χ2n) is 4.72. The van der Waals surface area contributed by atoms with E-state index in [1.54, 1.807) is 22.7 Å². The first-order chi connectivity index (χ1) is 10.2. The second-order valence-corrected chi connectivity index (χ2v) is 7.53. The summed E-state index contributed by atoms with van der Waals surface area (Å²) in [5.41, 5.74) is 3.16. The van der Waals surface area contributed by atoms with Crippen LogP contribution in [-0.4, -0.2) is 32.5 Å². The summed E-state index contributed by atoms with van der Waals surface area (Å²) in [6, 6.07) is 0. The first-order valence-electron chi connectivity index (χ1n) is 6.63. The van der Waals surface area contributed by atoms with Gasteiger partial charge in [0.25, 0.3) is 0 Å². The zero-order valence-electron chi connectivity index (χ0n) is 12.2. The summed E-state index contributed by atoms with van der Waals surface area (Å²) in [7, 11) is 1.93. The second kappa shape index (κ2) is 6.33. The molecule has 0 aromatic carbocycles. The molecule has 0 unspecified atom stereocenters. The molecule has 0 aliphatic carbocycles. The third kappa shape index (κ3) is 3.22. The molecule has 0 aliphatic rings. The normalized spacial score (nSPS) is 11.4. The first-order valence-corrected chi connectivity index (χ1v) is 9.72. The summed E-state index contributed by atoms with van der Waals surface area (Å²) in [5.74, 6) is 1.00. The zero-order chi connectivity index (χ0) is 14.8. The molecule has 3 heterocycles. The highest BCUT2D eigenvalue weighted by molar-refractivity contribution is 7.97. The van der Waals surface area contributed by atoms with Crippen LogP contribution in [-0.2, 0) is 19.2 Å². The maximum absolute atomic E-state index is 4.62. The molecule has 0 aliphatic heterocycles. The number of rotatable bonds is 6. The number of aryl methyl sites for hydroxylation is 2. The van der Waals surface area contributed by atoms with Crippen LogP contribution in [0.25, 0.3) is 10.3 Å². The number of thioether (sulfide) groups is 1. The Bertz CT molecular complexity index is 708. The van der Waals surface area contributed by atoms with Crippen molar-refractivity contribution in [2.24, 2.45) is 7.05 Å². The van der Waals surface area contributed by atoms with Gasteiger partial charge in [-0.25, -0.2) is 14.6 Å². The molecule has 0 saturated carbocycles. The van der Waals surface area contributed by atoms with Gasteiger partial charge in [0.2, 0.25) is 0 Å². The molecule has 8 heteroatoms. The van der Waals surface area contributed by atoms with Crippen molar-refractivity contribution in [2.75, 3.05) is 18.1 Å². The van der Waals surface area contributed by atoms with Crippen molar-refractivity contribution in [2.45, 2.75) is 19.1 Å². The van der Waals surface area contributed by atoms with E-state index in [0.29, 0.717) is 0 Å². The number of hydrogen-bond donors (Lipinski definition) is 1. The quantitative estimate of drug-likeness (QED) is 0.747. The predicted molar refractivity (Wildman–Crippen MR) is 92.6 cm³/mol. The van der Waals surface area contributed by atoms with Crippen molar-refractivity contribution < 1.29 is 0 Å². The number of aromatic nitrogens is 4. The van der Waals surface area contributed by atoms with Crippen molar-refractivity contribution in [3.63, 3.8) is 0 Å². The monoisotopic (exact) mass is 339 g/mol. The van der Waals surface area contributed by atoms with Gasteiger partial charge in [-0.05, 0) is 13.2 Å². The average molecular weight is 340 g/mol. The van der Waals surface area contributed by atoms with Gasteiger partial charge in [0.15, 0.2) is 10.8 Å². The molecule has 5 nitrogen and oxygen atoms in total. The molecule has 1 N–H and O–H groups in total. The maximum atomic E-state index is 4.62. The van der Waals surface area contributed by atoms with Crippen molar-refractivity contribution in [1.29, 1.82) is 0 Å². The lowest BCUT2D eigenvalue weighted by atomic mass is 10.3. The van der Waals surface area contributed by atoms with Crippen molar-refractivity contribution >= 4 is 49.9 Å². The molecular weight excluding hydrogens is 322 g/mol. The third-order valence-electron chi connectivity index (χ3n) is 3.07. The summed E-state index contributed by atoms with van der Waals surface area (Å²) < 4.78 is 3.00. The van der Waals surface area contributed by atoms with Crippen LogP contribution in [0.5, 0.6) is 0 Å². The van der Waals surface area contributed by atoms with Crippen LogP contribution >= 0.6 is 34.4 Å². The molecule has 0 saturated heterocycles. The van der Waals surface area contributed by atoms with E-state index in [4.69, 9.17) is 0 Å². The Morgan fingerprint density at radius 1 is 1.38 bits per heavy atom. The zero-order valence-corrected chi connectivity index (χ0v) is 14.7. The minimum Gasteiger partial charge on any atom is -0.361 e. The van der Waals surface area contributed by atoms with Crippen LogP contribution in [0.2, 0.25) is 0 Å². The number of nitrogens with one attached hydrogen (secondary N) is 1. The lowest BCUT2D eigenvalue weighted by Gasteiger charge is -2.00. The molecule has 0 amide bonds. The summed E-state index contributed by atoms with van der Waals surface area (Å²) in [5, 5.41) is 12.1. The van der Waals surface area contributed by atoms with Gasteiger partial charge < -0.3 is 5.32 Å². The molecule has 0 atom stereocenters. The Kier molecular flexibility index (Phi) is 4.46. The molecule has 21 heavy (non-hydrogen) atoms. The van der Waals surface area contributed by atoms with E-state index in [1.165, 1.54) is 5.01 Å². The number of fused-ring (bicyclic) bond motifs is 1. The van der Waals surface area contributed by atoms with E-state index in [1.807, 2.05) is 30.4 Å². The fraction of sp³-hybridized carbons (Fsp3) is 0.462. The number of hydrogen-bond acceptors (Lipinski definition) is 7. The lowest BCUT2D eigenvalue weighted by Crippen LogP contribution is -2.05. The van der Waals surface area contributed by atoms with Crippen LogP contribution in [0, 0.1) is 6.92 Å².